The summed E-state index contributed by atoms with van der Waals surface area (Å²) in [4.78, 5) is 0. The Morgan fingerprint density at radius 2 is 1.80 bits per heavy atom. The third kappa shape index (κ3) is 3.56. The normalized spacial score (nSPS) is 27.4. The molecule has 0 saturated carbocycles. The van der Waals surface area contributed by atoms with Gasteiger partial charge in [0.15, 0.2) is 0 Å². The molecule has 0 bridgehead atoms. The number of benzene rings is 1. The van der Waals surface area contributed by atoms with Gasteiger partial charge in [-0.3, -0.25) is 0 Å². The van der Waals surface area contributed by atoms with Gasteiger partial charge in [-0.15, -0.1) is 0 Å². The van der Waals surface area contributed by atoms with Gasteiger partial charge in [0, 0.05) is 18.5 Å². The topological polar surface area (TPSA) is 44.5 Å². The van der Waals surface area contributed by atoms with Gasteiger partial charge >= 0.3 is 6.18 Å². The molecule has 0 aliphatic carbocycles. The van der Waals surface area contributed by atoms with E-state index in [-0.39, 0.29) is 29.7 Å². The second-order valence-corrected chi connectivity index (χ2v) is 5.22. The SMILES string of the molecule is CC1CC(Oc2ccc(N)cc2C(F)(F)F)CC(C)O1. The lowest BCUT2D eigenvalue weighted by Crippen LogP contribution is -2.36. The van der Waals surface area contributed by atoms with Crippen molar-refractivity contribution in [1.29, 1.82) is 0 Å². The molecule has 0 aromatic heterocycles. The maximum atomic E-state index is 13.0. The highest BCUT2D eigenvalue weighted by atomic mass is 19.4. The average molecular weight is 289 g/mol. The van der Waals surface area contributed by atoms with E-state index in [1.165, 1.54) is 12.1 Å². The monoisotopic (exact) mass is 289 g/mol. The van der Waals surface area contributed by atoms with E-state index in [2.05, 4.69) is 0 Å². The number of hydrogen-bond donors (Lipinski definition) is 1. The molecule has 2 N–H and O–H groups in total. The van der Waals surface area contributed by atoms with Gasteiger partial charge in [-0.1, -0.05) is 0 Å². The van der Waals surface area contributed by atoms with Crippen molar-refractivity contribution in [2.75, 3.05) is 5.73 Å². The van der Waals surface area contributed by atoms with Gasteiger partial charge in [-0.25, -0.2) is 0 Å². The molecule has 0 spiro atoms. The third-order valence-corrected chi connectivity index (χ3v) is 3.26. The molecule has 112 valence electrons. The molecular formula is C14H18F3NO2. The first-order valence-corrected chi connectivity index (χ1v) is 6.54. The van der Waals surface area contributed by atoms with Crippen LogP contribution in [0.15, 0.2) is 18.2 Å². The molecule has 1 aliphatic heterocycles. The number of alkyl halides is 3. The standard InChI is InChI=1S/C14H18F3NO2/c1-8-5-11(6-9(2)19-8)20-13-4-3-10(18)7-12(13)14(15,16)17/h3-4,7-9,11H,5-6,18H2,1-2H3. The predicted molar refractivity (Wildman–Crippen MR) is 69.5 cm³/mol. The summed E-state index contributed by atoms with van der Waals surface area (Å²) < 4.78 is 50.0. The molecule has 1 fully saturated rings. The molecular weight excluding hydrogens is 271 g/mol. The zero-order valence-electron chi connectivity index (χ0n) is 11.4. The molecule has 0 radical (unpaired) electrons. The molecule has 1 aromatic rings. The minimum absolute atomic E-state index is 0.0214. The summed E-state index contributed by atoms with van der Waals surface area (Å²) in [5, 5.41) is 0. The molecule has 1 aromatic carbocycles. The van der Waals surface area contributed by atoms with Crippen molar-refractivity contribution in [3.63, 3.8) is 0 Å². The quantitative estimate of drug-likeness (QED) is 0.846. The van der Waals surface area contributed by atoms with Crippen LogP contribution < -0.4 is 10.5 Å². The third-order valence-electron chi connectivity index (χ3n) is 3.26. The summed E-state index contributed by atoms with van der Waals surface area (Å²) in [6.45, 7) is 3.78. The van der Waals surface area contributed by atoms with Crippen molar-refractivity contribution in [3.05, 3.63) is 23.8 Å². The van der Waals surface area contributed by atoms with Crippen molar-refractivity contribution < 1.29 is 22.6 Å². The highest BCUT2D eigenvalue weighted by Gasteiger charge is 2.36. The second kappa shape index (κ2) is 5.52. The van der Waals surface area contributed by atoms with Crippen molar-refractivity contribution in [2.24, 2.45) is 0 Å². The molecule has 3 nitrogen and oxygen atoms in total. The Kier molecular flexibility index (Phi) is 4.13. The number of halogens is 3. The van der Waals surface area contributed by atoms with Crippen LogP contribution in [0.3, 0.4) is 0 Å². The second-order valence-electron chi connectivity index (χ2n) is 5.22. The van der Waals surface area contributed by atoms with Crippen LogP contribution in [0.1, 0.15) is 32.3 Å². The number of anilines is 1. The van der Waals surface area contributed by atoms with Crippen molar-refractivity contribution in [1.82, 2.24) is 0 Å². The van der Waals surface area contributed by atoms with Crippen LogP contribution in [-0.4, -0.2) is 18.3 Å². The van der Waals surface area contributed by atoms with Gasteiger partial charge in [0.25, 0.3) is 0 Å². The predicted octanol–water partition coefficient (Wildman–Crippen LogP) is 3.62. The summed E-state index contributed by atoms with van der Waals surface area (Å²) in [5.74, 6) is -0.169. The first kappa shape index (κ1) is 15.0. The summed E-state index contributed by atoms with van der Waals surface area (Å²) in [6, 6.07) is 3.60. The summed E-state index contributed by atoms with van der Waals surface area (Å²) >= 11 is 0. The van der Waals surface area contributed by atoms with Gasteiger partial charge in [0.05, 0.1) is 17.8 Å². The zero-order chi connectivity index (χ0) is 14.9. The number of rotatable bonds is 2. The molecule has 20 heavy (non-hydrogen) atoms. The van der Waals surface area contributed by atoms with Gasteiger partial charge < -0.3 is 15.2 Å². The molecule has 1 heterocycles. The first-order chi connectivity index (χ1) is 9.25. The average Bonchev–Trinajstić information content (AvgIpc) is 2.28. The van der Waals surface area contributed by atoms with E-state index in [0.717, 1.165) is 6.07 Å². The number of ether oxygens (including phenoxy) is 2. The van der Waals surface area contributed by atoms with Crippen LogP contribution in [0.2, 0.25) is 0 Å². The van der Waals surface area contributed by atoms with Crippen LogP contribution in [0, 0.1) is 0 Å². The van der Waals surface area contributed by atoms with Crippen LogP contribution in [0.25, 0.3) is 0 Å². The first-order valence-electron chi connectivity index (χ1n) is 6.54. The van der Waals surface area contributed by atoms with E-state index in [0.29, 0.717) is 12.8 Å². The molecule has 2 atom stereocenters. The minimum atomic E-state index is -4.48. The van der Waals surface area contributed by atoms with Crippen LogP contribution in [-0.2, 0) is 10.9 Å². The summed E-state index contributed by atoms with van der Waals surface area (Å²) in [6.07, 6.45) is -3.65. The van der Waals surface area contributed by atoms with E-state index in [4.69, 9.17) is 15.2 Å². The fourth-order valence-electron chi connectivity index (χ4n) is 2.49. The Hall–Kier alpha value is -1.43. The number of nitrogens with two attached hydrogens (primary N) is 1. The summed E-state index contributed by atoms with van der Waals surface area (Å²) in [5.41, 5.74) is 4.66. The smallest absolute Gasteiger partial charge is 0.420 e. The van der Waals surface area contributed by atoms with Crippen LogP contribution >= 0.6 is 0 Å². The fraction of sp³-hybridized carbons (Fsp3) is 0.571. The molecule has 1 aliphatic rings. The maximum Gasteiger partial charge on any atom is 0.420 e. The Bertz CT molecular complexity index is 466. The molecule has 2 rings (SSSR count). The van der Waals surface area contributed by atoms with E-state index in [9.17, 15) is 13.2 Å². The highest BCUT2D eigenvalue weighted by molar-refractivity contribution is 5.49. The molecule has 2 unspecified atom stereocenters. The van der Waals surface area contributed by atoms with E-state index in [1.807, 2.05) is 13.8 Å². The van der Waals surface area contributed by atoms with E-state index < -0.39 is 11.7 Å². The van der Waals surface area contributed by atoms with Gasteiger partial charge in [-0.2, -0.15) is 13.2 Å². The van der Waals surface area contributed by atoms with Gasteiger partial charge in [0.1, 0.15) is 11.9 Å². The van der Waals surface area contributed by atoms with Gasteiger partial charge in [-0.05, 0) is 32.0 Å². The molecule has 0 amide bonds. The van der Waals surface area contributed by atoms with Crippen LogP contribution in [0.4, 0.5) is 18.9 Å². The Morgan fingerprint density at radius 1 is 1.20 bits per heavy atom. The molecule has 6 heteroatoms. The van der Waals surface area contributed by atoms with E-state index in [1.54, 1.807) is 0 Å². The van der Waals surface area contributed by atoms with Gasteiger partial charge in [0.2, 0.25) is 0 Å². The number of hydrogen-bond acceptors (Lipinski definition) is 3. The Morgan fingerprint density at radius 3 is 2.35 bits per heavy atom. The largest absolute Gasteiger partial charge is 0.490 e. The van der Waals surface area contributed by atoms with Crippen molar-refractivity contribution in [2.45, 2.75) is 51.2 Å². The zero-order valence-corrected chi connectivity index (χ0v) is 11.4. The van der Waals surface area contributed by atoms with Crippen molar-refractivity contribution in [3.8, 4) is 5.75 Å². The lowest BCUT2D eigenvalue weighted by Gasteiger charge is -2.32. The molecule has 1 saturated heterocycles. The Balaban J connectivity index is 2.21. The summed E-state index contributed by atoms with van der Waals surface area (Å²) in [7, 11) is 0. The fourth-order valence-corrected chi connectivity index (χ4v) is 2.49. The van der Waals surface area contributed by atoms with Crippen molar-refractivity contribution >= 4 is 5.69 Å². The minimum Gasteiger partial charge on any atom is -0.490 e. The lowest BCUT2D eigenvalue weighted by molar-refractivity contribution is -0.140. The number of nitrogen functional groups attached to an aromatic ring is 1. The van der Waals surface area contributed by atoms with Crippen LogP contribution in [0.5, 0.6) is 5.75 Å². The lowest BCUT2D eigenvalue weighted by atomic mass is 10.0. The maximum absolute atomic E-state index is 13.0. The van der Waals surface area contributed by atoms with E-state index >= 15 is 0 Å². The highest BCUT2D eigenvalue weighted by Crippen LogP contribution is 2.38. The Labute approximate surface area is 115 Å².